The van der Waals surface area contributed by atoms with Crippen molar-refractivity contribution in [2.75, 3.05) is 13.2 Å². The van der Waals surface area contributed by atoms with Gasteiger partial charge in [-0.25, -0.2) is 0 Å². The molecule has 0 aromatic carbocycles. The molecule has 0 aliphatic heterocycles. The number of carbonyl (C=O) groups excluding carboxylic acids is 2. The third-order valence-electron chi connectivity index (χ3n) is 11.9. The summed E-state index contributed by atoms with van der Waals surface area (Å²) in [7, 11) is 0. The minimum absolute atomic E-state index is 0.0499. The van der Waals surface area contributed by atoms with Crippen LogP contribution in [0.4, 0.5) is 0 Å². The van der Waals surface area contributed by atoms with E-state index in [1.54, 1.807) is 0 Å². The van der Waals surface area contributed by atoms with Crippen LogP contribution >= 0.6 is 0 Å². The van der Waals surface area contributed by atoms with E-state index < -0.39 is 12.1 Å². The molecule has 6 nitrogen and oxygen atoms in total. The maximum Gasteiger partial charge on any atom is 0.305 e. The van der Waals surface area contributed by atoms with Gasteiger partial charge in [-0.3, -0.25) is 9.59 Å². The highest BCUT2D eigenvalue weighted by Crippen LogP contribution is 2.16. The fourth-order valence-corrected chi connectivity index (χ4v) is 7.84. The van der Waals surface area contributed by atoms with Gasteiger partial charge in [-0.15, -0.1) is 0 Å². The Morgan fingerprint density at radius 3 is 1.30 bits per heavy atom. The lowest BCUT2D eigenvalue weighted by Crippen LogP contribution is -2.45. The van der Waals surface area contributed by atoms with Gasteiger partial charge in [0, 0.05) is 12.8 Å². The van der Waals surface area contributed by atoms with Crippen molar-refractivity contribution in [1.29, 1.82) is 0 Å². The summed E-state index contributed by atoms with van der Waals surface area (Å²) in [5.41, 5.74) is 0. The molecule has 2 atom stereocenters. The van der Waals surface area contributed by atoms with Crippen molar-refractivity contribution in [2.24, 2.45) is 0 Å². The topological polar surface area (TPSA) is 95.9 Å². The Hall–Kier alpha value is -1.92. The van der Waals surface area contributed by atoms with Crippen LogP contribution in [0.3, 0.4) is 0 Å². The normalized spacial score (nSPS) is 12.9. The molecule has 0 aliphatic carbocycles. The average molecular weight is 844 g/mol. The SMILES string of the molecule is CCCCCC/C=C\C/C=C\CCCCCCCC(=O)OCCCC/C=C\CCCCCCC(=O)NC(CO)C(O)CCCCCCCCCCCCCCCCCCC. The van der Waals surface area contributed by atoms with E-state index in [0.717, 1.165) is 89.9 Å². The number of hydrogen-bond acceptors (Lipinski definition) is 5. The number of allylic oxidation sites excluding steroid dienone is 6. The quantitative estimate of drug-likeness (QED) is 0.0322. The molecule has 352 valence electrons. The van der Waals surface area contributed by atoms with Gasteiger partial charge in [-0.2, -0.15) is 0 Å². The van der Waals surface area contributed by atoms with Crippen molar-refractivity contribution in [2.45, 2.75) is 283 Å². The molecule has 0 saturated carbocycles. The number of rotatable bonds is 48. The molecular weight excluding hydrogens is 743 g/mol. The highest BCUT2D eigenvalue weighted by atomic mass is 16.5. The largest absolute Gasteiger partial charge is 0.466 e. The van der Waals surface area contributed by atoms with E-state index in [9.17, 15) is 19.8 Å². The number of esters is 1. The zero-order chi connectivity index (χ0) is 43.7. The van der Waals surface area contributed by atoms with Crippen LogP contribution in [0.1, 0.15) is 271 Å². The summed E-state index contributed by atoms with van der Waals surface area (Å²) in [6.07, 6.45) is 59.7. The zero-order valence-electron chi connectivity index (χ0n) is 39.9. The van der Waals surface area contributed by atoms with Crippen molar-refractivity contribution in [3.8, 4) is 0 Å². The first-order valence-electron chi connectivity index (χ1n) is 26.2. The zero-order valence-corrected chi connectivity index (χ0v) is 39.9. The van der Waals surface area contributed by atoms with Crippen molar-refractivity contribution >= 4 is 11.9 Å². The lowest BCUT2D eigenvalue weighted by atomic mass is 10.0. The number of carbonyl (C=O) groups is 2. The number of aliphatic hydroxyl groups excluding tert-OH is 2. The first-order valence-corrected chi connectivity index (χ1v) is 26.2. The van der Waals surface area contributed by atoms with Gasteiger partial charge in [0.2, 0.25) is 5.91 Å². The molecule has 0 radical (unpaired) electrons. The summed E-state index contributed by atoms with van der Waals surface area (Å²) in [6, 6.07) is -0.568. The molecule has 0 aromatic heterocycles. The van der Waals surface area contributed by atoms with E-state index in [1.807, 2.05) is 0 Å². The molecule has 60 heavy (non-hydrogen) atoms. The van der Waals surface area contributed by atoms with E-state index in [0.29, 0.717) is 25.9 Å². The van der Waals surface area contributed by atoms with Crippen LogP contribution in [-0.2, 0) is 14.3 Å². The van der Waals surface area contributed by atoms with E-state index in [1.165, 1.54) is 148 Å². The Balaban J connectivity index is 3.54. The predicted molar refractivity (Wildman–Crippen MR) is 259 cm³/mol. The maximum atomic E-state index is 12.5. The van der Waals surface area contributed by atoms with Gasteiger partial charge in [0.15, 0.2) is 0 Å². The number of hydrogen-bond donors (Lipinski definition) is 3. The number of aliphatic hydroxyl groups is 2. The number of amides is 1. The first-order chi connectivity index (χ1) is 29.5. The summed E-state index contributed by atoms with van der Waals surface area (Å²) in [4.78, 5) is 24.5. The van der Waals surface area contributed by atoms with E-state index in [-0.39, 0.29) is 18.5 Å². The van der Waals surface area contributed by atoms with Gasteiger partial charge in [-0.05, 0) is 83.5 Å². The number of unbranched alkanes of at least 4 members (excludes halogenated alkanes) is 31. The lowest BCUT2D eigenvalue weighted by molar-refractivity contribution is -0.143. The van der Waals surface area contributed by atoms with E-state index in [2.05, 4.69) is 55.6 Å². The second kappa shape index (κ2) is 49.7. The smallest absolute Gasteiger partial charge is 0.305 e. The molecule has 0 rings (SSSR count). The first kappa shape index (κ1) is 58.1. The molecule has 0 spiro atoms. The van der Waals surface area contributed by atoms with Crippen molar-refractivity contribution < 1.29 is 24.5 Å². The number of nitrogens with one attached hydrogen (secondary N) is 1. The molecule has 2 unspecified atom stereocenters. The summed E-state index contributed by atoms with van der Waals surface area (Å²) < 4.78 is 5.43. The van der Waals surface area contributed by atoms with Crippen molar-refractivity contribution in [1.82, 2.24) is 5.32 Å². The van der Waals surface area contributed by atoms with Gasteiger partial charge in [0.1, 0.15) is 0 Å². The summed E-state index contributed by atoms with van der Waals surface area (Å²) in [5, 5.41) is 23.2. The summed E-state index contributed by atoms with van der Waals surface area (Å²) >= 11 is 0. The Kier molecular flexibility index (Phi) is 48.1. The Labute approximate surface area is 373 Å². The Morgan fingerprint density at radius 1 is 0.467 bits per heavy atom. The summed E-state index contributed by atoms with van der Waals surface area (Å²) in [5.74, 6) is -0.121. The molecule has 0 fully saturated rings. The van der Waals surface area contributed by atoms with Crippen LogP contribution in [-0.4, -0.2) is 47.4 Å². The van der Waals surface area contributed by atoms with Crippen molar-refractivity contribution in [3.05, 3.63) is 36.5 Å². The fourth-order valence-electron chi connectivity index (χ4n) is 7.84. The third-order valence-corrected chi connectivity index (χ3v) is 11.9. The van der Waals surface area contributed by atoms with Crippen LogP contribution in [0.5, 0.6) is 0 Å². The molecule has 1 amide bonds. The van der Waals surface area contributed by atoms with E-state index >= 15 is 0 Å². The standard InChI is InChI=1S/C54H101NO5/c1-3-5-7-9-11-13-15-17-19-21-22-24-26-30-34-38-42-46-52(57)51(50-56)55-53(58)47-43-39-35-31-28-29-33-37-41-45-49-60-54(59)48-44-40-36-32-27-25-23-20-18-16-14-12-10-8-6-4-2/h14,16,20,23,29,33,51-52,56-57H,3-13,15,17-19,21-22,24-28,30-32,34-50H2,1-2H3,(H,55,58)/b16-14-,23-20-,33-29-. The van der Waals surface area contributed by atoms with Crippen LogP contribution in [0, 0.1) is 0 Å². The van der Waals surface area contributed by atoms with Gasteiger partial charge in [0.25, 0.3) is 0 Å². The summed E-state index contributed by atoms with van der Waals surface area (Å²) in [6.45, 7) is 4.84. The second-order valence-electron chi connectivity index (χ2n) is 17.8. The van der Waals surface area contributed by atoms with Crippen molar-refractivity contribution in [3.63, 3.8) is 0 Å². The van der Waals surface area contributed by atoms with Gasteiger partial charge >= 0.3 is 5.97 Å². The highest BCUT2D eigenvalue weighted by Gasteiger charge is 2.20. The predicted octanol–water partition coefficient (Wildman–Crippen LogP) is 15.7. The van der Waals surface area contributed by atoms with Crippen LogP contribution < -0.4 is 5.32 Å². The minimum Gasteiger partial charge on any atom is -0.466 e. The molecule has 0 saturated heterocycles. The van der Waals surface area contributed by atoms with Crippen LogP contribution in [0.25, 0.3) is 0 Å². The van der Waals surface area contributed by atoms with Gasteiger partial charge in [-0.1, -0.05) is 211 Å². The van der Waals surface area contributed by atoms with Crippen LogP contribution in [0.2, 0.25) is 0 Å². The fraction of sp³-hybridized carbons (Fsp3) is 0.852. The molecule has 6 heteroatoms. The Bertz CT molecular complexity index is 977. The Morgan fingerprint density at radius 2 is 0.833 bits per heavy atom. The monoisotopic (exact) mass is 844 g/mol. The number of ether oxygens (including phenoxy) is 1. The van der Waals surface area contributed by atoms with E-state index in [4.69, 9.17) is 4.74 Å². The maximum absolute atomic E-state index is 12.5. The molecule has 0 bridgehead atoms. The van der Waals surface area contributed by atoms with Crippen LogP contribution in [0.15, 0.2) is 36.5 Å². The van der Waals surface area contributed by atoms with Gasteiger partial charge in [0.05, 0.1) is 25.4 Å². The molecule has 0 aliphatic rings. The average Bonchev–Trinajstić information content (AvgIpc) is 3.25. The molecule has 0 heterocycles. The molecular formula is C54H101NO5. The molecule has 0 aromatic rings. The highest BCUT2D eigenvalue weighted by molar-refractivity contribution is 5.76. The second-order valence-corrected chi connectivity index (χ2v) is 17.8. The van der Waals surface area contributed by atoms with Gasteiger partial charge < -0.3 is 20.3 Å². The molecule has 3 N–H and O–H groups in total. The third kappa shape index (κ3) is 45.6. The minimum atomic E-state index is -0.687. The lowest BCUT2D eigenvalue weighted by Gasteiger charge is -2.22.